The van der Waals surface area contributed by atoms with E-state index in [1.165, 1.54) is 19.3 Å². The van der Waals surface area contributed by atoms with Gasteiger partial charge in [0.05, 0.1) is 12.3 Å². The molecule has 0 unspecified atom stereocenters. The molecule has 1 aliphatic carbocycles. The molecule has 2 fully saturated rings. The maximum absolute atomic E-state index is 5.78. The van der Waals surface area contributed by atoms with E-state index in [0.29, 0.717) is 12.0 Å². The molecule has 0 spiro atoms. The number of ether oxygens (including phenoxy) is 1. The fourth-order valence-electron chi connectivity index (χ4n) is 2.87. The Labute approximate surface area is 102 Å². The van der Waals surface area contributed by atoms with Crippen LogP contribution < -0.4 is 0 Å². The average molecular weight is 230 g/mol. The summed E-state index contributed by atoms with van der Waals surface area (Å²) in [6.45, 7) is 0.834. The van der Waals surface area contributed by atoms with Crippen molar-refractivity contribution in [2.24, 2.45) is 10.9 Å². The van der Waals surface area contributed by atoms with E-state index in [9.17, 15) is 0 Å². The molecular formula is C14H18N2O. The van der Waals surface area contributed by atoms with Crippen molar-refractivity contribution in [1.82, 2.24) is 4.90 Å². The lowest BCUT2D eigenvalue weighted by Crippen LogP contribution is -2.47. The summed E-state index contributed by atoms with van der Waals surface area (Å²) in [7, 11) is 2.10. The number of hydrogen-bond donors (Lipinski definition) is 0. The number of amidine groups is 1. The van der Waals surface area contributed by atoms with Gasteiger partial charge in [0.15, 0.2) is 0 Å². The van der Waals surface area contributed by atoms with Gasteiger partial charge in [-0.3, -0.25) is 0 Å². The summed E-state index contributed by atoms with van der Waals surface area (Å²) in [5.41, 5.74) is 0.964. The van der Waals surface area contributed by atoms with Gasteiger partial charge in [-0.1, -0.05) is 24.6 Å². The zero-order valence-electron chi connectivity index (χ0n) is 10.2. The van der Waals surface area contributed by atoms with Gasteiger partial charge in [0, 0.05) is 19.0 Å². The third-order valence-electron chi connectivity index (χ3n) is 3.83. The number of benzene rings is 1. The fraction of sp³-hybridized carbons (Fsp3) is 0.500. The second-order valence-electron chi connectivity index (χ2n) is 4.91. The van der Waals surface area contributed by atoms with Crippen LogP contribution in [0.25, 0.3) is 0 Å². The number of fused-ring (bicyclic) bond motifs is 1. The molecule has 0 bridgehead atoms. The molecule has 2 aliphatic rings. The van der Waals surface area contributed by atoms with Gasteiger partial charge in [-0.05, 0) is 25.0 Å². The van der Waals surface area contributed by atoms with Gasteiger partial charge in [0.2, 0.25) is 0 Å². The Kier molecular flexibility index (Phi) is 2.75. The molecule has 3 rings (SSSR count). The standard InChI is InChI=1S/C14H18N2O/c1-16-13-9-5-6-11(13)10-17-14(16)15-12-7-3-2-4-8-12/h2-4,7-8,11,13H,5-6,9-10H2,1H3/t11-,13+/m1/s1. The number of nitrogens with zero attached hydrogens (tertiary/aromatic N) is 2. The highest BCUT2D eigenvalue weighted by Crippen LogP contribution is 2.33. The van der Waals surface area contributed by atoms with Crippen LogP contribution in [0.3, 0.4) is 0 Å². The summed E-state index contributed by atoms with van der Waals surface area (Å²) >= 11 is 0. The normalized spacial score (nSPS) is 30.2. The molecule has 0 aromatic heterocycles. The van der Waals surface area contributed by atoms with Crippen LogP contribution in [0.1, 0.15) is 19.3 Å². The number of aliphatic imine (C=N–C) groups is 1. The van der Waals surface area contributed by atoms with Gasteiger partial charge in [-0.15, -0.1) is 0 Å². The molecule has 2 atom stereocenters. The number of hydrogen-bond acceptors (Lipinski definition) is 2. The molecule has 0 radical (unpaired) electrons. The lowest BCUT2D eigenvalue weighted by molar-refractivity contribution is 0.0987. The van der Waals surface area contributed by atoms with Crippen molar-refractivity contribution in [3.05, 3.63) is 30.3 Å². The van der Waals surface area contributed by atoms with Crippen LogP contribution in [0.15, 0.2) is 35.3 Å². The Morgan fingerprint density at radius 2 is 2.06 bits per heavy atom. The smallest absolute Gasteiger partial charge is 0.292 e. The summed E-state index contributed by atoms with van der Waals surface area (Å²) < 4.78 is 5.78. The second-order valence-corrected chi connectivity index (χ2v) is 4.91. The summed E-state index contributed by atoms with van der Waals surface area (Å²) in [5, 5.41) is 0. The monoisotopic (exact) mass is 230 g/mol. The molecule has 0 N–H and O–H groups in total. The van der Waals surface area contributed by atoms with Gasteiger partial charge in [0.1, 0.15) is 0 Å². The van der Waals surface area contributed by atoms with E-state index in [-0.39, 0.29) is 0 Å². The van der Waals surface area contributed by atoms with Gasteiger partial charge < -0.3 is 9.64 Å². The van der Waals surface area contributed by atoms with Crippen LogP contribution in [0.2, 0.25) is 0 Å². The lowest BCUT2D eigenvalue weighted by atomic mass is 10.0. The van der Waals surface area contributed by atoms with Crippen molar-refractivity contribution >= 4 is 11.7 Å². The van der Waals surface area contributed by atoms with Crippen molar-refractivity contribution in [2.75, 3.05) is 13.7 Å². The predicted molar refractivity (Wildman–Crippen MR) is 68.4 cm³/mol. The molecule has 17 heavy (non-hydrogen) atoms. The van der Waals surface area contributed by atoms with E-state index in [0.717, 1.165) is 18.3 Å². The van der Waals surface area contributed by atoms with Gasteiger partial charge in [-0.25, -0.2) is 0 Å². The predicted octanol–water partition coefficient (Wildman–Crippen LogP) is 2.80. The van der Waals surface area contributed by atoms with Crippen LogP contribution in [-0.4, -0.2) is 30.6 Å². The summed E-state index contributed by atoms with van der Waals surface area (Å²) in [5.74, 6) is 0.703. The lowest BCUT2D eigenvalue weighted by Gasteiger charge is -2.36. The van der Waals surface area contributed by atoms with Crippen molar-refractivity contribution in [1.29, 1.82) is 0 Å². The molecule has 1 heterocycles. The molecular weight excluding hydrogens is 212 g/mol. The highest BCUT2D eigenvalue weighted by Gasteiger charge is 2.37. The van der Waals surface area contributed by atoms with Gasteiger partial charge >= 0.3 is 0 Å². The Morgan fingerprint density at radius 1 is 1.24 bits per heavy atom. The SMILES string of the molecule is CN1C(=Nc2ccccc2)OC[C@H]2CCC[C@@H]21. The van der Waals surface area contributed by atoms with E-state index in [4.69, 9.17) is 4.74 Å². The van der Waals surface area contributed by atoms with E-state index >= 15 is 0 Å². The Bertz CT molecular complexity index is 415. The highest BCUT2D eigenvalue weighted by molar-refractivity contribution is 5.78. The first-order valence-corrected chi connectivity index (χ1v) is 6.34. The topological polar surface area (TPSA) is 24.8 Å². The third kappa shape index (κ3) is 2.02. The molecule has 3 nitrogen and oxygen atoms in total. The second kappa shape index (κ2) is 4.40. The molecule has 1 saturated carbocycles. The quantitative estimate of drug-likeness (QED) is 0.741. The minimum Gasteiger partial charge on any atom is -0.465 e. The highest BCUT2D eigenvalue weighted by atomic mass is 16.5. The van der Waals surface area contributed by atoms with E-state index in [2.05, 4.69) is 16.9 Å². The van der Waals surface area contributed by atoms with Crippen LogP contribution in [0.5, 0.6) is 0 Å². The maximum Gasteiger partial charge on any atom is 0.292 e. The molecule has 1 aromatic rings. The summed E-state index contributed by atoms with van der Waals surface area (Å²) in [4.78, 5) is 6.80. The zero-order chi connectivity index (χ0) is 11.7. The molecule has 0 amide bonds. The van der Waals surface area contributed by atoms with Crippen LogP contribution in [0, 0.1) is 5.92 Å². The Balaban J connectivity index is 1.82. The van der Waals surface area contributed by atoms with Crippen molar-refractivity contribution in [3.8, 4) is 0 Å². The van der Waals surface area contributed by atoms with Gasteiger partial charge in [0.25, 0.3) is 6.02 Å². The van der Waals surface area contributed by atoms with Crippen molar-refractivity contribution < 1.29 is 4.74 Å². The Hall–Kier alpha value is -1.51. The first-order valence-electron chi connectivity index (χ1n) is 6.34. The minimum absolute atomic E-state index is 0.631. The first kappa shape index (κ1) is 10.6. The first-order chi connectivity index (χ1) is 8.34. The van der Waals surface area contributed by atoms with Crippen LogP contribution in [0.4, 0.5) is 5.69 Å². The summed E-state index contributed by atoms with van der Waals surface area (Å²) in [6.07, 6.45) is 3.90. The van der Waals surface area contributed by atoms with Crippen molar-refractivity contribution in [2.45, 2.75) is 25.3 Å². The minimum atomic E-state index is 0.631. The fourth-order valence-corrected chi connectivity index (χ4v) is 2.87. The molecule has 3 heteroatoms. The van der Waals surface area contributed by atoms with Crippen LogP contribution >= 0.6 is 0 Å². The summed E-state index contributed by atoms with van der Waals surface area (Å²) in [6, 6.07) is 11.4. The maximum atomic E-state index is 5.78. The molecule has 1 aromatic carbocycles. The number of rotatable bonds is 1. The van der Waals surface area contributed by atoms with Crippen LogP contribution in [-0.2, 0) is 4.74 Å². The average Bonchev–Trinajstić information content (AvgIpc) is 2.83. The Morgan fingerprint density at radius 3 is 2.88 bits per heavy atom. The van der Waals surface area contributed by atoms with Crippen molar-refractivity contribution in [3.63, 3.8) is 0 Å². The zero-order valence-corrected chi connectivity index (χ0v) is 10.2. The van der Waals surface area contributed by atoms with E-state index < -0.39 is 0 Å². The van der Waals surface area contributed by atoms with Gasteiger partial charge in [-0.2, -0.15) is 4.99 Å². The van der Waals surface area contributed by atoms with E-state index in [1.807, 2.05) is 30.3 Å². The van der Waals surface area contributed by atoms with E-state index in [1.54, 1.807) is 0 Å². The largest absolute Gasteiger partial charge is 0.465 e. The molecule has 90 valence electrons. The number of para-hydroxylation sites is 1. The molecule has 1 saturated heterocycles. The third-order valence-corrected chi connectivity index (χ3v) is 3.83. The molecule has 1 aliphatic heterocycles.